The number of rotatable bonds is 9. The first kappa shape index (κ1) is 17.3. The highest BCUT2D eigenvalue weighted by Gasteiger charge is 2.05. The fraction of sp³-hybridized carbons (Fsp3) is 0.500. The summed E-state index contributed by atoms with van der Waals surface area (Å²) in [5.41, 5.74) is 1.13. The van der Waals surface area contributed by atoms with Crippen LogP contribution in [0.3, 0.4) is 0 Å². The first-order valence-electron chi connectivity index (χ1n) is 6.47. The monoisotopic (exact) mass is 361 g/mol. The molecule has 1 amide bonds. The molecule has 0 aliphatic heterocycles. The number of aryl methyl sites for hydroxylation is 1. The van der Waals surface area contributed by atoms with Crippen molar-refractivity contribution in [3.8, 4) is 5.75 Å². The molecule has 0 radical (unpaired) electrons. The van der Waals surface area contributed by atoms with Gasteiger partial charge in [0.2, 0.25) is 0 Å². The van der Waals surface area contributed by atoms with Crippen molar-refractivity contribution in [2.45, 2.75) is 13.3 Å². The molecule has 20 heavy (non-hydrogen) atoms. The zero-order chi connectivity index (χ0) is 14.8. The van der Waals surface area contributed by atoms with Crippen LogP contribution in [-0.2, 0) is 4.79 Å². The molecule has 0 spiro atoms. The summed E-state index contributed by atoms with van der Waals surface area (Å²) in [7, 11) is 0. The summed E-state index contributed by atoms with van der Waals surface area (Å²) in [6.07, 6.45) is 0.795. The normalized spacial score (nSPS) is 10.3. The van der Waals surface area contributed by atoms with E-state index in [9.17, 15) is 4.79 Å². The van der Waals surface area contributed by atoms with Crippen LogP contribution in [0.1, 0.15) is 12.0 Å². The maximum absolute atomic E-state index is 11.6. The lowest BCUT2D eigenvalue weighted by Crippen LogP contribution is -2.30. The molecule has 0 saturated carbocycles. The number of hydrogen-bond acceptors (Lipinski definition) is 4. The lowest BCUT2D eigenvalue weighted by atomic mass is 10.2. The minimum atomic E-state index is -0.125. The van der Waals surface area contributed by atoms with Gasteiger partial charge in [0.1, 0.15) is 5.75 Å². The first-order valence-corrected chi connectivity index (χ1v) is 8.42. The van der Waals surface area contributed by atoms with Gasteiger partial charge in [0.25, 0.3) is 5.91 Å². The molecular formula is C14H20BrNO3S. The van der Waals surface area contributed by atoms with Crippen molar-refractivity contribution in [1.82, 2.24) is 5.32 Å². The average molecular weight is 362 g/mol. The highest BCUT2D eigenvalue weighted by molar-refractivity contribution is 9.10. The van der Waals surface area contributed by atoms with Crippen LogP contribution >= 0.6 is 27.7 Å². The van der Waals surface area contributed by atoms with E-state index in [2.05, 4.69) is 21.2 Å². The van der Waals surface area contributed by atoms with Crippen LogP contribution in [0.2, 0.25) is 0 Å². The van der Waals surface area contributed by atoms with Gasteiger partial charge in [0.05, 0.1) is 4.47 Å². The highest BCUT2D eigenvalue weighted by atomic mass is 79.9. The Kier molecular flexibility index (Phi) is 8.73. The van der Waals surface area contributed by atoms with Gasteiger partial charge >= 0.3 is 0 Å². The molecule has 2 N–H and O–H groups in total. The summed E-state index contributed by atoms with van der Waals surface area (Å²) >= 11 is 5.12. The summed E-state index contributed by atoms with van der Waals surface area (Å²) in [5, 5.41) is 11.4. The number of halogens is 1. The maximum Gasteiger partial charge on any atom is 0.257 e. The third-order valence-electron chi connectivity index (χ3n) is 2.46. The lowest BCUT2D eigenvalue weighted by molar-refractivity contribution is -0.122. The van der Waals surface area contributed by atoms with Crippen molar-refractivity contribution in [3.05, 3.63) is 28.2 Å². The molecule has 6 heteroatoms. The van der Waals surface area contributed by atoms with E-state index in [0.29, 0.717) is 12.3 Å². The van der Waals surface area contributed by atoms with Gasteiger partial charge in [-0.15, -0.1) is 0 Å². The van der Waals surface area contributed by atoms with Crippen LogP contribution in [0.4, 0.5) is 0 Å². The van der Waals surface area contributed by atoms with Gasteiger partial charge in [0, 0.05) is 18.9 Å². The molecule has 4 nitrogen and oxygen atoms in total. The number of benzene rings is 1. The third-order valence-corrected chi connectivity index (χ3v) is 4.15. The van der Waals surface area contributed by atoms with Crippen molar-refractivity contribution < 1.29 is 14.6 Å². The van der Waals surface area contributed by atoms with Gasteiger partial charge in [0.15, 0.2) is 6.61 Å². The molecule has 1 rings (SSSR count). The number of ether oxygens (including phenoxy) is 1. The summed E-state index contributed by atoms with van der Waals surface area (Å²) in [6, 6.07) is 5.73. The topological polar surface area (TPSA) is 58.6 Å². The van der Waals surface area contributed by atoms with Crippen LogP contribution in [0, 0.1) is 6.92 Å². The van der Waals surface area contributed by atoms with Crippen molar-refractivity contribution in [2.75, 3.05) is 31.3 Å². The number of thioether (sulfide) groups is 1. The summed E-state index contributed by atoms with van der Waals surface area (Å²) in [5.74, 6) is 2.31. The smallest absolute Gasteiger partial charge is 0.257 e. The van der Waals surface area contributed by atoms with Crippen molar-refractivity contribution in [3.63, 3.8) is 0 Å². The predicted octanol–water partition coefficient (Wildman–Crippen LogP) is 2.37. The molecule has 1 aromatic rings. The Labute approximate surface area is 132 Å². The number of carbonyl (C=O) groups excluding carboxylic acids is 1. The average Bonchev–Trinajstić information content (AvgIpc) is 2.41. The van der Waals surface area contributed by atoms with Crippen molar-refractivity contribution in [2.24, 2.45) is 0 Å². The minimum Gasteiger partial charge on any atom is -0.483 e. The minimum absolute atomic E-state index is 0.0168. The van der Waals surface area contributed by atoms with Gasteiger partial charge in [-0.1, -0.05) is 6.07 Å². The van der Waals surface area contributed by atoms with Crippen molar-refractivity contribution in [1.29, 1.82) is 0 Å². The quantitative estimate of drug-likeness (QED) is 0.663. The van der Waals surface area contributed by atoms with Crippen LogP contribution < -0.4 is 10.1 Å². The predicted molar refractivity (Wildman–Crippen MR) is 86.4 cm³/mol. The van der Waals surface area contributed by atoms with E-state index in [-0.39, 0.29) is 19.1 Å². The van der Waals surface area contributed by atoms with Crippen LogP contribution in [-0.4, -0.2) is 42.3 Å². The molecule has 0 saturated heterocycles. The Hall–Kier alpha value is -0.720. The Morgan fingerprint density at radius 3 is 2.95 bits per heavy atom. The molecule has 0 unspecified atom stereocenters. The molecule has 0 atom stereocenters. The van der Waals surface area contributed by atoms with Crippen LogP contribution in [0.15, 0.2) is 22.7 Å². The number of nitrogens with one attached hydrogen (secondary N) is 1. The van der Waals surface area contributed by atoms with Gasteiger partial charge < -0.3 is 15.2 Å². The Bertz CT molecular complexity index is 429. The summed E-state index contributed by atoms with van der Waals surface area (Å²) in [4.78, 5) is 11.6. The number of hydrogen-bond donors (Lipinski definition) is 2. The van der Waals surface area contributed by atoms with Crippen LogP contribution in [0.25, 0.3) is 0 Å². The fourth-order valence-electron chi connectivity index (χ4n) is 1.45. The largest absolute Gasteiger partial charge is 0.483 e. The van der Waals surface area contributed by atoms with Gasteiger partial charge in [-0.05, 0) is 52.7 Å². The van der Waals surface area contributed by atoms with Crippen LogP contribution in [0.5, 0.6) is 5.75 Å². The van der Waals surface area contributed by atoms with Gasteiger partial charge in [-0.25, -0.2) is 0 Å². The number of aliphatic hydroxyl groups excluding tert-OH is 1. The van der Waals surface area contributed by atoms with Gasteiger partial charge in [-0.3, -0.25) is 4.79 Å². The molecule has 0 aliphatic rings. The SMILES string of the molecule is Cc1ccc(OCC(=O)NCCSCCCO)c(Br)c1. The zero-order valence-corrected chi connectivity index (χ0v) is 13.9. The molecule has 0 aliphatic carbocycles. The molecule has 1 aromatic carbocycles. The van der Waals surface area contributed by atoms with E-state index in [0.717, 1.165) is 28.0 Å². The van der Waals surface area contributed by atoms with E-state index in [1.54, 1.807) is 11.8 Å². The molecule has 0 aromatic heterocycles. The van der Waals surface area contributed by atoms with E-state index >= 15 is 0 Å². The summed E-state index contributed by atoms with van der Waals surface area (Å²) < 4.78 is 6.30. The first-order chi connectivity index (χ1) is 9.63. The molecular weight excluding hydrogens is 342 g/mol. The van der Waals surface area contributed by atoms with Gasteiger partial charge in [-0.2, -0.15) is 11.8 Å². The standard InChI is InChI=1S/C14H20BrNO3S/c1-11-3-4-13(12(15)9-11)19-10-14(18)16-5-8-20-7-2-6-17/h3-4,9,17H,2,5-8,10H2,1H3,(H,16,18). The maximum atomic E-state index is 11.6. The molecule has 0 heterocycles. The second-order valence-electron chi connectivity index (χ2n) is 4.26. The van der Waals surface area contributed by atoms with E-state index in [1.165, 1.54) is 0 Å². The molecule has 0 bridgehead atoms. The third kappa shape index (κ3) is 7.17. The number of aliphatic hydroxyl groups is 1. The second kappa shape index (κ2) is 10.1. The van der Waals surface area contributed by atoms with E-state index in [1.807, 2.05) is 25.1 Å². The Morgan fingerprint density at radius 1 is 1.45 bits per heavy atom. The second-order valence-corrected chi connectivity index (χ2v) is 6.34. The van der Waals surface area contributed by atoms with E-state index in [4.69, 9.17) is 9.84 Å². The van der Waals surface area contributed by atoms with E-state index < -0.39 is 0 Å². The van der Waals surface area contributed by atoms with Crippen molar-refractivity contribution >= 4 is 33.6 Å². The Balaban J connectivity index is 2.16. The Morgan fingerprint density at radius 2 is 2.25 bits per heavy atom. The fourth-order valence-corrected chi connectivity index (χ4v) is 2.84. The molecule has 112 valence electrons. The molecule has 0 fully saturated rings. The lowest BCUT2D eigenvalue weighted by Gasteiger charge is -2.09. The number of carbonyl (C=O) groups is 1. The number of amides is 1. The summed E-state index contributed by atoms with van der Waals surface area (Å²) in [6.45, 7) is 2.85. The highest BCUT2D eigenvalue weighted by Crippen LogP contribution is 2.25. The zero-order valence-electron chi connectivity index (χ0n) is 11.5.